The van der Waals surface area contributed by atoms with Gasteiger partial charge in [0.1, 0.15) is 23.4 Å². The van der Waals surface area contributed by atoms with Gasteiger partial charge in [0.25, 0.3) is 5.91 Å². The number of carbonyl (C=O) groups is 3. The lowest BCUT2D eigenvalue weighted by molar-refractivity contribution is -0.140. The molecule has 0 aliphatic heterocycles. The predicted molar refractivity (Wildman–Crippen MR) is 169 cm³/mol. The molecule has 2 atom stereocenters. The van der Waals surface area contributed by atoms with Crippen molar-refractivity contribution in [1.29, 1.82) is 0 Å². The summed E-state index contributed by atoms with van der Waals surface area (Å²) < 4.78 is 5.48. The van der Waals surface area contributed by atoms with Crippen molar-refractivity contribution in [1.82, 2.24) is 10.2 Å². The molecule has 0 fully saturated rings. The summed E-state index contributed by atoms with van der Waals surface area (Å²) in [6.45, 7) is 7.44. The van der Waals surface area contributed by atoms with E-state index in [9.17, 15) is 19.5 Å². The van der Waals surface area contributed by atoms with Gasteiger partial charge in [0.2, 0.25) is 5.91 Å². The van der Waals surface area contributed by atoms with Crippen LogP contribution < -0.4 is 10.6 Å². The third kappa shape index (κ3) is 8.58. The molecule has 2 unspecified atom stereocenters. The van der Waals surface area contributed by atoms with Crippen LogP contribution in [-0.4, -0.2) is 46.1 Å². The standard InChI is InChI=1S/C35H39N3O5/c1-5-21-38(33(41)30(37-34(42)43-35(2,3)4)22-24-15-19-29(39)20-16-24)31(26-12-7-6-8-13-26)32(40)36-28-18-17-25-11-9-10-14-27(25)23-28/h6-20,23,30-31,39H,5,21-22H2,1-4H3,(H,36,40)(H,37,42). The molecule has 3 N–H and O–H groups in total. The second-order valence-electron chi connectivity index (χ2n) is 11.5. The number of phenolic OH excluding ortho intramolecular Hbond substituents is 1. The van der Waals surface area contributed by atoms with Gasteiger partial charge >= 0.3 is 6.09 Å². The van der Waals surface area contributed by atoms with E-state index in [1.807, 2.05) is 79.7 Å². The highest BCUT2D eigenvalue weighted by Gasteiger charge is 2.36. The third-order valence-electron chi connectivity index (χ3n) is 6.81. The predicted octanol–water partition coefficient (Wildman–Crippen LogP) is 6.60. The molecular formula is C35H39N3O5. The van der Waals surface area contributed by atoms with E-state index in [-0.39, 0.29) is 24.6 Å². The molecule has 8 nitrogen and oxygen atoms in total. The Morgan fingerprint density at radius 3 is 2.16 bits per heavy atom. The quantitative estimate of drug-likeness (QED) is 0.196. The van der Waals surface area contributed by atoms with Crippen molar-refractivity contribution < 1.29 is 24.2 Å². The number of aromatic hydroxyl groups is 1. The Kier molecular flexibility index (Phi) is 10.0. The van der Waals surface area contributed by atoms with Crippen LogP contribution in [0.3, 0.4) is 0 Å². The third-order valence-corrected chi connectivity index (χ3v) is 6.81. The van der Waals surface area contributed by atoms with Gasteiger partial charge in [0, 0.05) is 18.7 Å². The van der Waals surface area contributed by atoms with Crippen LogP contribution >= 0.6 is 0 Å². The molecule has 4 aromatic carbocycles. The van der Waals surface area contributed by atoms with Crippen LogP contribution in [0, 0.1) is 0 Å². The first kappa shape index (κ1) is 31.1. The molecule has 0 heterocycles. The number of anilines is 1. The summed E-state index contributed by atoms with van der Waals surface area (Å²) in [5.74, 6) is -0.707. The molecule has 3 amide bonds. The molecule has 0 bridgehead atoms. The van der Waals surface area contributed by atoms with Gasteiger partial charge in [0.15, 0.2) is 0 Å². The molecule has 43 heavy (non-hydrogen) atoms. The topological polar surface area (TPSA) is 108 Å². The highest BCUT2D eigenvalue weighted by atomic mass is 16.6. The molecule has 0 aliphatic carbocycles. The summed E-state index contributed by atoms with van der Waals surface area (Å²) in [4.78, 5) is 42.9. The number of nitrogens with one attached hydrogen (secondary N) is 2. The van der Waals surface area contributed by atoms with Crippen LogP contribution in [0.4, 0.5) is 10.5 Å². The maximum Gasteiger partial charge on any atom is 0.408 e. The van der Waals surface area contributed by atoms with E-state index in [0.29, 0.717) is 17.7 Å². The first-order valence-corrected chi connectivity index (χ1v) is 14.5. The normalized spacial score (nSPS) is 12.7. The van der Waals surface area contributed by atoms with Gasteiger partial charge in [-0.2, -0.15) is 0 Å². The minimum atomic E-state index is -1.04. The number of phenols is 1. The Morgan fingerprint density at radius 2 is 1.51 bits per heavy atom. The summed E-state index contributed by atoms with van der Waals surface area (Å²) in [6.07, 6.45) is -0.0266. The van der Waals surface area contributed by atoms with Gasteiger partial charge in [0.05, 0.1) is 0 Å². The van der Waals surface area contributed by atoms with Crippen LogP contribution in [-0.2, 0) is 20.7 Å². The zero-order valence-corrected chi connectivity index (χ0v) is 25.0. The van der Waals surface area contributed by atoms with Gasteiger partial charge < -0.3 is 25.4 Å². The Morgan fingerprint density at radius 1 is 0.860 bits per heavy atom. The smallest absolute Gasteiger partial charge is 0.408 e. The molecule has 0 spiro atoms. The van der Waals surface area contributed by atoms with Crippen molar-refractivity contribution in [3.8, 4) is 5.75 Å². The minimum Gasteiger partial charge on any atom is -0.508 e. The fraction of sp³-hybridized carbons (Fsp3) is 0.286. The molecule has 8 heteroatoms. The number of amides is 3. The molecule has 4 rings (SSSR count). The van der Waals surface area contributed by atoms with Crippen LogP contribution in [0.1, 0.15) is 51.3 Å². The molecule has 0 saturated heterocycles. The number of hydrogen-bond acceptors (Lipinski definition) is 5. The maximum atomic E-state index is 14.4. The van der Waals surface area contributed by atoms with E-state index in [0.717, 1.165) is 16.3 Å². The van der Waals surface area contributed by atoms with Crippen LogP contribution in [0.5, 0.6) is 5.75 Å². The van der Waals surface area contributed by atoms with Gasteiger partial charge in [-0.1, -0.05) is 79.7 Å². The molecular weight excluding hydrogens is 542 g/mol. The number of ether oxygens (including phenoxy) is 1. The number of benzene rings is 4. The van der Waals surface area contributed by atoms with Crippen LogP contribution in [0.15, 0.2) is 97.1 Å². The van der Waals surface area contributed by atoms with Crippen molar-refractivity contribution in [3.05, 3.63) is 108 Å². The highest BCUT2D eigenvalue weighted by molar-refractivity contribution is 6.00. The number of hydrogen-bond donors (Lipinski definition) is 3. The lowest BCUT2D eigenvalue weighted by atomic mass is 10.00. The van der Waals surface area contributed by atoms with Gasteiger partial charge in [-0.25, -0.2) is 4.79 Å². The van der Waals surface area contributed by atoms with Crippen molar-refractivity contribution in [2.75, 3.05) is 11.9 Å². The minimum absolute atomic E-state index is 0.0915. The number of fused-ring (bicyclic) bond motifs is 1. The van der Waals surface area contributed by atoms with Crippen molar-refractivity contribution in [2.24, 2.45) is 0 Å². The largest absolute Gasteiger partial charge is 0.508 e. The van der Waals surface area contributed by atoms with E-state index in [1.165, 1.54) is 17.0 Å². The van der Waals surface area contributed by atoms with Gasteiger partial charge in [-0.15, -0.1) is 0 Å². The summed E-state index contributed by atoms with van der Waals surface area (Å²) >= 11 is 0. The number of nitrogens with zero attached hydrogens (tertiary/aromatic N) is 1. The zero-order chi connectivity index (χ0) is 31.0. The van der Waals surface area contributed by atoms with Gasteiger partial charge in [-0.3, -0.25) is 9.59 Å². The summed E-state index contributed by atoms with van der Waals surface area (Å²) in [7, 11) is 0. The zero-order valence-electron chi connectivity index (χ0n) is 25.0. The van der Waals surface area contributed by atoms with E-state index in [1.54, 1.807) is 32.9 Å². The molecule has 0 saturated carbocycles. The average Bonchev–Trinajstić information content (AvgIpc) is 2.97. The van der Waals surface area contributed by atoms with E-state index >= 15 is 0 Å². The summed E-state index contributed by atoms with van der Waals surface area (Å²) in [5, 5.41) is 17.6. The SMILES string of the molecule is CCCN(C(=O)C(Cc1ccc(O)cc1)NC(=O)OC(C)(C)C)C(C(=O)Nc1ccc2ccccc2c1)c1ccccc1. The maximum absolute atomic E-state index is 14.4. The second-order valence-corrected chi connectivity index (χ2v) is 11.5. The Hall–Kier alpha value is -4.85. The fourth-order valence-electron chi connectivity index (χ4n) is 4.91. The lowest BCUT2D eigenvalue weighted by Gasteiger charge is -2.34. The summed E-state index contributed by atoms with van der Waals surface area (Å²) in [6, 6.07) is 27.1. The van der Waals surface area contributed by atoms with Crippen LogP contribution in [0.25, 0.3) is 10.8 Å². The summed E-state index contributed by atoms with van der Waals surface area (Å²) in [5.41, 5.74) is 1.20. The Balaban J connectivity index is 1.70. The van der Waals surface area contributed by atoms with Crippen molar-refractivity contribution in [2.45, 2.75) is 58.2 Å². The lowest BCUT2D eigenvalue weighted by Crippen LogP contribution is -2.53. The van der Waals surface area contributed by atoms with E-state index in [4.69, 9.17) is 4.74 Å². The first-order valence-electron chi connectivity index (χ1n) is 14.5. The highest BCUT2D eigenvalue weighted by Crippen LogP contribution is 2.27. The number of alkyl carbamates (subject to hydrolysis) is 1. The fourth-order valence-corrected chi connectivity index (χ4v) is 4.91. The van der Waals surface area contributed by atoms with E-state index < -0.39 is 29.7 Å². The van der Waals surface area contributed by atoms with Crippen LogP contribution in [0.2, 0.25) is 0 Å². The molecule has 224 valence electrons. The molecule has 0 radical (unpaired) electrons. The average molecular weight is 582 g/mol. The number of carbonyl (C=O) groups excluding carboxylic acids is 3. The number of rotatable bonds is 10. The monoisotopic (exact) mass is 581 g/mol. The molecule has 0 aliphatic rings. The van der Waals surface area contributed by atoms with E-state index in [2.05, 4.69) is 10.6 Å². The Bertz CT molecular complexity index is 1550. The Labute approximate surface area is 252 Å². The van der Waals surface area contributed by atoms with Crippen molar-refractivity contribution >= 4 is 34.4 Å². The second kappa shape index (κ2) is 13.9. The molecule has 0 aromatic heterocycles. The molecule has 4 aromatic rings. The van der Waals surface area contributed by atoms with Crippen molar-refractivity contribution in [3.63, 3.8) is 0 Å². The first-order chi connectivity index (χ1) is 20.5. The van der Waals surface area contributed by atoms with Gasteiger partial charge in [-0.05, 0) is 73.4 Å².